The zero-order valence-electron chi connectivity index (χ0n) is 18.7. The van der Waals surface area contributed by atoms with Crippen LogP contribution in [0.3, 0.4) is 0 Å². The lowest BCUT2D eigenvalue weighted by atomic mass is 9.87. The van der Waals surface area contributed by atoms with Gasteiger partial charge < -0.3 is 14.8 Å². The standard InChI is InChI=1S/C23H28N4O4/c1-14-7-8-15(11-19(14)27-13-18(25-26-27)22(29)31-6)21(28)24-17-12-16(23(2,3)4)9-10-20(17)30-5/h7-13,25-26H,1-6H3,(H,24,28)/p+1. The Kier molecular flexibility index (Phi) is 6.21. The van der Waals surface area contributed by atoms with Crippen LogP contribution in [0.15, 0.2) is 48.3 Å². The number of carbonyl (C=O) groups excluding carboxylic acids is 2. The monoisotopic (exact) mass is 425 g/mol. The normalized spacial score (nSPS) is 13.4. The summed E-state index contributed by atoms with van der Waals surface area (Å²) in [4.78, 5) is 24.8. The van der Waals surface area contributed by atoms with E-state index < -0.39 is 5.97 Å². The molecule has 1 aliphatic rings. The van der Waals surface area contributed by atoms with Crippen LogP contribution < -0.4 is 26.0 Å². The molecule has 0 bridgehead atoms. The van der Waals surface area contributed by atoms with Crippen LogP contribution in [0.5, 0.6) is 5.75 Å². The van der Waals surface area contributed by atoms with E-state index in [-0.39, 0.29) is 11.3 Å². The minimum Gasteiger partial charge on any atom is -0.495 e. The highest BCUT2D eigenvalue weighted by atomic mass is 16.5. The van der Waals surface area contributed by atoms with E-state index in [0.717, 1.165) is 16.8 Å². The van der Waals surface area contributed by atoms with Gasteiger partial charge in [0, 0.05) is 5.56 Å². The number of anilines is 2. The summed E-state index contributed by atoms with van der Waals surface area (Å²) < 4.78 is 10.2. The summed E-state index contributed by atoms with van der Waals surface area (Å²) in [7, 11) is 2.90. The molecule has 0 aromatic heterocycles. The maximum atomic E-state index is 13.0. The number of quaternary nitrogens is 1. The third-order valence-corrected chi connectivity index (χ3v) is 5.10. The van der Waals surface area contributed by atoms with Crippen LogP contribution in [0.2, 0.25) is 0 Å². The lowest BCUT2D eigenvalue weighted by Gasteiger charge is -2.21. The number of ether oxygens (including phenoxy) is 2. The van der Waals surface area contributed by atoms with Gasteiger partial charge in [0.05, 0.1) is 31.8 Å². The second-order valence-corrected chi connectivity index (χ2v) is 8.34. The van der Waals surface area contributed by atoms with E-state index in [4.69, 9.17) is 9.47 Å². The van der Waals surface area contributed by atoms with Gasteiger partial charge in [0.2, 0.25) is 0 Å². The molecule has 0 saturated carbocycles. The molecule has 164 valence electrons. The molecular weight excluding hydrogens is 396 g/mol. The number of hydrogen-bond acceptors (Lipinski definition) is 6. The first-order valence-corrected chi connectivity index (χ1v) is 9.93. The predicted molar refractivity (Wildman–Crippen MR) is 118 cm³/mol. The first kappa shape index (κ1) is 22.2. The van der Waals surface area contributed by atoms with Crippen molar-refractivity contribution < 1.29 is 24.6 Å². The summed E-state index contributed by atoms with van der Waals surface area (Å²) in [5.41, 5.74) is 8.69. The number of amides is 1. The Bertz CT molecular complexity index is 1040. The van der Waals surface area contributed by atoms with E-state index in [0.29, 0.717) is 22.7 Å². The molecule has 2 aromatic rings. The van der Waals surface area contributed by atoms with Crippen LogP contribution in [-0.2, 0) is 14.9 Å². The largest absolute Gasteiger partial charge is 0.495 e. The average molecular weight is 426 g/mol. The number of aryl methyl sites for hydroxylation is 1. The fourth-order valence-corrected chi connectivity index (χ4v) is 3.21. The first-order chi connectivity index (χ1) is 14.6. The van der Waals surface area contributed by atoms with Crippen molar-refractivity contribution in [1.82, 2.24) is 5.43 Å². The van der Waals surface area contributed by atoms with Crippen molar-refractivity contribution in [1.29, 1.82) is 0 Å². The smallest absolute Gasteiger partial charge is 0.361 e. The van der Waals surface area contributed by atoms with Crippen molar-refractivity contribution in [2.75, 3.05) is 24.5 Å². The van der Waals surface area contributed by atoms with Crippen molar-refractivity contribution in [3.05, 3.63) is 65.0 Å². The molecule has 0 aliphatic carbocycles. The number of nitrogens with two attached hydrogens (primary N) is 1. The second-order valence-electron chi connectivity index (χ2n) is 8.34. The van der Waals surface area contributed by atoms with Gasteiger partial charge in [-0.05, 0) is 47.7 Å². The number of benzene rings is 2. The lowest BCUT2D eigenvalue weighted by Crippen LogP contribution is -2.98. The summed E-state index contributed by atoms with van der Waals surface area (Å²) in [5, 5.41) is 4.72. The Morgan fingerprint density at radius 2 is 1.84 bits per heavy atom. The third kappa shape index (κ3) is 4.80. The molecule has 0 atom stereocenters. The Balaban J connectivity index is 1.88. The molecule has 0 spiro atoms. The molecule has 1 aliphatic heterocycles. The molecule has 0 saturated heterocycles. The molecule has 4 N–H and O–H groups in total. The van der Waals surface area contributed by atoms with Crippen molar-refractivity contribution >= 4 is 23.3 Å². The molecule has 0 fully saturated rings. The quantitative estimate of drug-likeness (QED) is 0.503. The molecule has 0 unspecified atom stereocenters. The van der Waals surface area contributed by atoms with Crippen LogP contribution in [0.4, 0.5) is 11.4 Å². The number of esters is 1. The van der Waals surface area contributed by atoms with Gasteiger partial charge in [-0.15, -0.1) is 5.53 Å². The summed E-state index contributed by atoms with van der Waals surface area (Å²) in [6.45, 7) is 8.28. The summed E-state index contributed by atoms with van der Waals surface area (Å²) >= 11 is 0. The zero-order valence-corrected chi connectivity index (χ0v) is 18.7. The van der Waals surface area contributed by atoms with Gasteiger partial charge in [-0.25, -0.2) is 10.2 Å². The molecule has 8 nitrogen and oxygen atoms in total. The highest BCUT2D eigenvalue weighted by Crippen LogP contribution is 2.32. The van der Waals surface area contributed by atoms with E-state index in [9.17, 15) is 9.59 Å². The van der Waals surface area contributed by atoms with Gasteiger partial charge >= 0.3 is 5.97 Å². The van der Waals surface area contributed by atoms with Crippen molar-refractivity contribution in [3.63, 3.8) is 0 Å². The molecule has 3 rings (SSSR count). The minimum absolute atomic E-state index is 0.0644. The summed E-state index contributed by atoms with van der Waals surface area (Å²) in [6.07, 6.45) is 1.63. The highest BCUT2D eigenvalue weighted by Gasteiger charge is 2.25. The minimum atomic E-state index is -0.462. The first-order valence-electron chi connectivity index (χ1n) is 9.93. The number of nitrogens with one attached hydrogen (secondary N) is 2. The van der Waals surface area contributed by atoms with Crippen LogP contribution in [0.1, 0.15) is 42.3 Å². The van der Waals surface area contributed by atoms with Gasteiger partial charge in [0.1, 0.15) is 5.75 Å². The maximum absolute atomic E-state index is 13.0. The summed E-state index contributed by atoms with van der Waals surface area (Å²) in [6, 6.07) is 11.2. The van der Waals surface area contributed by atoms with E-state index in [1.807, 2.05) is 31.2 Å². The zero-order chi connectivity index (χ0) is 22.8. The SMILES string of the molecule is COC(=O)C1=CN(c2cc(C(=O)Nc3cc(C(C)(C)C)ccc3OC)ccc2C)[NH2+]N1. The lowest BCUT2D eigenvalue weighted by molar-refractivity contribution is -0.699. The molecule has 8 heteroatoms. The molecule has 1 heterocycles. The van der Waals surface area contributed by atoms with Crippen LogP contribution in [0, 0.1) is 6.92 Å². The van der Waals surface area contributed by atoms with Gasteiger partial charge in [0.25, 0.3) is 5.91 Å². The fraction of sp³-hybridized carbons (Fsp3) is 0.304. The summed E-state index contributed by atoms with van der Waals surface area (Å²) in [5.74, 6) is -0.123. The number of hydrogen-bond donors (Lipinski definition) is 3. The maximum Gasteiger partial charge on any atom is 0.361 e. The fourth-order valence-electron chi connectivity index (χ4n) is 3.21. The molecular formula is C23H29N4O4+. The highest BCUT2D eigenvalue weighted by molar-refractivity contribution is 6.05. The van der Waals surface area contributed by atoms with E-state index >= 15 is 0 Å². The second kappa shape index (κ2) is 8.69. The molecule has 1 amide bonds. The van der Waals surface area contributed by atoms with E-state index in [2.05, 4.69) is 31.5 Å². The number of carbonyl (C=O) groups is 2. The third-order valence-electron chi connectivity index (χ3n) is 5.10. The predicted octanol–water partition coefficient (Wildman–Crippen LogP) is 2.37. The number of rotatable bonds is 5. The Morgan fingerprint density at radius 1 is 1.10 bits per heavy atom. The van der Waals surface area contributed by atoms with E-state index in [1.54, 1.807) is 36.0 Å². The van der Waals surface area contributed by atoms with Crippen LogP contribution >= 0.6 is 0 Å². The van der Waals surface area contributed by atoms with E-state index in [1.165, 1.54) is 7.11 Å². The molecule has 0 radical (unpaired) electrons. The number of methoxy groups -OCH3 is 2. The van der Waals surface area contributed by atoms with Crippen LogP contribution in [0.25, 0.3) is 0 Å². The molecule has 31 heavy (non-hydrogen) atoms. The van der Waals surface area contributed by atoms with Crippen LogP contribution in [-0.4, -0.2) is 26.1 Å². The van der Waals surface area contributed by atoms with Crippen molar-refractivity contribution in [3.8, 4) is 5.75 Å². The molecule has 2 aromatic carbocycles. The van der Waals surface area contributed by atoms with Gasteiger partial charge in [-0.3, -0.25) is 4.79 Å². The Hall–Kier alpha value is -3.52. The average Bonchev–Trinajstić information content (AvgIpc) is 3.22. The Morgan fingerprint density at radius 3 is 2.48 bits per heavy atom. The van der Waals surface area contributed by atoms with Gasteiger partial charge in [-0.2, -0.15) is 5.01 Å². The number of nitrogens with zero attached hydrogens (tertiary/aromatic N) is 1. The van der Waals surface area contributed by atoms with Gasteiger partial charge in [0.15, 0.2) is 5.70 Å². The topological polar surface area (TPSA) is 96.5 Å². The van der Waals surface area contributed by atoms with Crippen molar-refractivity contribution in [2.45, 2.75) is 33.1 Å². The van der Waals surface area contributed by atoms with Gasteiger partial charge in [-0.1, -0.05) is 32.9 Å². The Labute approximate surface area is 182 Å². The van der Waals surface area contributed by atoms with Crippen molar-refractivity contribution in [2.24, 2.45) is 0 Å².